The van der Waals surface area contributed by atoms with Crippen LogP contribution in [-0.4, -0.2) is 20.2 Å². The predicted molar refractivity (Wildman–Crippen MR) is 16.0 cm³/mol. The van der Waals surface area contributed by atoms with E-state index in [1.54, 1.807) is 0 Å². The van der Waals surface area contributed by atoms with Crippen LogP contribution in [0.3, 0.4) is 0 Å². The van der Waals surface area contributed by atoms with Gasteiger partial charge in [0.1, 0.15) is 0 Å². The van der Waals surface area contributed by atoms with Gasteiger partial charge in [0, 0.05) is 34.1 Å². The molecule has 0 aromatic heterocycles. The van der Waals surface area contributed by atoms with E-state index in [0.717, 1.165) is 0 Å². The van der Waals surface area contributed by atoms with Gasteiger partial charge in [-0.05, 0) is 0 Å². The van der Waals surface area contributed by atoms with Crippen LogP contribution >= 0.6 is 0 Å². The topological polar surface area (TPSA) is 0 Å². The van der Waals surface area contributed by atoms with E-state index >= 15 is 0 Å². The van der Waals surface area contributed by atoms with Crippen molar-refractivity contribution in [2.24, 2.45) is 0 Å². The van der Waals surface area contributed by atoms with Crippen LogP contribution in [0.15, 0.2) is 0 Å². The molecular weight excluding hydrogens is 145 g/mol. The Morgan fingerprint density at radius 2 is 0.750 bits per heavy atom. The third kappa shape index (κ3) is 10.1. The summed E-state index contributed by atoms with van der Waals surface area (Å²) in [7, 11) is 0. The first kappa shape index (κ1) is 54.3. The quantitative estimate of drug-likeness (QED) is 0.414. The Balaban J connectivity index is 0. The van der Waals surface area contributed by atoms with E-state index in [9.17, 15) is 0 Å². The molecule has 4 heavy (non-hydrogen) atoms. The van der Waals surface area contributed by atoms with E-state index < -0.39 is 0 Å². The second-order valence-electron chi connectivity index (χ2n) is 0. The Bertz CT molecular complexity index is 12.0. The van der Waals surface area contributed by atoms with Crippen molar-refractivity contribution >= 4 is 20.2 Å². The summed E-state index contributed by atoms with van der Waals surface area (Å²) in [6.07, 6.45) is 0. The molecule has 0 unspecified atom stereocenters. The Hall–Kier alpha value is 1.38. The van der Waals surface area contributed by atoms with E-state index in [-0.39, 0.29) is 60.1 Å². The second kappa shape index (κ2) is 26.3. The molecule has 30 valence electrons. The minimum atomic E-state index is 0. The van der Waals surface area contributed by atoms with Crippen molar-refractivity contribution in [3.8, 4) is 0 Å². The molecule has 0 nitrogen and oxygen atoms in total. The van der Waals surface area contributed by atoms with Gasteiger partial charge in [-0.3, -0.25) is 0 Å². The monoisotopic (exact) mass is 148 g/mol. The van der Waals surface area contributed by atoms with Crippen molar-refractivity contribution in [2.45, 2.75) is 0 Å². The van der Waals surface area contributed by atoms with E-state index in [4.69, 9.17) is 0 Å². The predicted octanol–water partition coefficient (Wildman–Crippen LogP) is -0.317. The SMILES string of the molecule is [Be+2].[Be+2].[Cu].[Cu].[H-].[H-].[H-].[H-]. The van der Waals surface area contributed by atoms with Crippen molar-refractivity contribution in [3.63, 3.8) is 0 Å². The van der Waals surface area contributed by atoms with Crippen LogP contribution < -0.4 is 0 Å². The Morgan fingerprint density at radius 3 is 0.750 bits per heavy atom. The molecule has 0 N–H and O–H groups in total. The fourth-order valence-corrected chi connectivity index (χ4v) is 0. The largest absolute Gasteiger partial charge is 2.00 e. The molecule has 0 aliphatic rings. The molecule has 4 heteroatoms. The van der Waals surface area contributed by atoms with Crippen molar-refractivity contribution in [1.29, 1.82) is 0 Å². The molecule has 0 saturated carbocycles. The van der Waals surface area contributed by atoms with Crippen LogP contribution in [0.1, 0.15) is 5.71 Å². The van der Waals surface area contributed by atoms with Gasteiger partial charge in [0.05, 0.1) is 0 Å². The van der Waals surface area contributed by atoms with E-state index in [1.807, 2.05) is 0 Å². The van der Waals surface area contributed by atoms with Gasteiger partial charge in [-0.25, -0.2) is 0 Å². The fraction of sp³-hybridized carbons (Fsp3) is 0. The van der Waals surface area contributed by atoms with Crippen molar-refractivity contribution in [2.75, 3.05) is 0 Å². The molecule has 0 saturated heterocycles. The zero-order valence-electron chi connectivity index (χ0n) is 6.02. The average Bonchev–Trinajstić information content (AvgIpc) is 0. The van der Waals surface area contributed by atoms with Gasteiger partial charge in [0.15, 0.2) is 0 Å². The zero-order chi connectivity index (χ0) is 0. The van der Waals surface area contributed by atoms with Gasteiger partial charge in [0.2, 0.25) is 0 Å². The number of hydrogen-bond acceptors (Lipinski definition) is 0. The van der Waals surface area contributed by atoms with Crippen LogP contribution in [0.4, 0.5) is 0 Å². The Kier molecular flexibility index (Phi) is 358. The maximum atomic E-state index is 0. The van der Waals surface area contributed by atoms with Crippen LogP contribution in [0, 0.1) is 0 Å². The summed E-state index contributed by atoms with van der Waals surface area (Å²) in [4.78, 5) is 0. The molecule has 0 aliphatic carbocycles. The van der Waals surface area contributed by atoms with Gasteiger partial charge in [0.25, 0.3) is 0 Å². The first-order valence-corrected chi connectivity index (χ1v) is 0. The molecule has 0 rings (SSSR count). The minimum absolute atomic E-state index is 0. The summed E-state index contributed by atoms with van der Waals surface area (Å²) in [6.45, 7) is 0. The Morgan fingerprint density at radius 1 is 0.750 bits per heavy atom. The first-order chi connectivity index (χ1) is 0. The third-order valence-corrected chi connectivity index (χ3v) is 0. The normalized spacial score (nSPS) is 0. The summed E-state index contributed by atoms with van der Waals surface area (Å²) >= 11 is 0. The van der Waals surface area contributed by atoms with E-state index in [2.05, 4.69) is 0 Å². The van der Waals surface area contributed by atoms with Crippen LogP contribution in [0.25, 0.3) is 0 Å². The number of rotatable bonds is 0. The Labute approximate surface area is 60.4 Å². The van der Waals surface area contributed by atoms with Crippen molar-refractivity contribution in [1.82, 2.24) is 0 Å². The molecule has 0 atom stereocenters. The van der Waals surface area contributed by atoms with Crippen LogP contribution in [-0.2, 0) is 34.1 Å². The molecule has 0 heterocycles. The maximum Gasteiger partial charge on any atom is 2.00 e. The standard InChI is InChI=1S/2Be.2Cu.4H/q2*+2;;;4*-1. The van der Waals surface area contributed by atoms with Crippen molar-refractivity contribution in [3.05, 3.63) is 0 Å². The average molecular weight is 149 g/mol. The molecule has 2 radical (unpaired) electrons. The van der Waals surface area contributed by atoms with Crippen molar-refractivity contribution < 1.29 is 39.8 Å². The van der Waals surface area contributed by atoms with Gasteiger partial charge < -0.3 is 5.71 Å². The van der Waals surface area contributed by atoms with E-state index in [0.29, 0.717) is 0 Å². The summed E-state index contributed by atoms with van der Waals surface area (Å²) < 4.78 is 0. The summed E-state index contributed by atoms with van der Waals surface area (Å²) in [5.74, 6) is 0. The smallest absolute Gasteiger partial charge is 1.00 e. The van der Waals surface area contributed by atoms with Crippen LogP contribution in [0.2, 0.25) is 0 Å². The maximum absolute atomic E-state index is 0. The summed E-state index contributed by atoms with van der Waals surface area (Å²) in [6, 6.07) is 0. The molecule has 0 spiro atoms. The molecular formula is H4Be2Cu2. The molecule has 0 bridgehead atoms. The van der Waals surface area contributed by atoms with Gasteiger partial charge in [-0.15, -0.1) is 0 Å². The first-order valence-electron chi connectivity index (χ1n) is 0. The summed E-state index contributed by atoms with van der Waals surface area (Å²) in [5.41, 5.74) is 0. The molecule has 0 amide bonds. The van der Waals surface area contributed by atoms with Crippen LogP contribution in [0.5, 0.6) is 0 Å². The second-order valence-corrected chi connectivity index (χ2v) is 0. The molecule has 0 fully saturated rings. The van der Waals surface area contributed by atoms with Gasteiger partial charge in [-0.2, -0.15) is 0 Å². The zero-order valence-corrected chi connectivity index (χ0v) is 3.90. The summed E-state index contributed by atoms with van der Waals surface area (Å²) in [5, 5.41) is 0. The molecule has 0 aliphatic heterocycles. The van der Waals surface area contributed by atoms with Gasteiger partial charge in [-0.1, -0.05) is 0 Å². The van der Waals surface area contributed by atoms with E-state index in [1.165, 1.54) is 0 Å². The molecule has 0 aromatic carbocycles. The third-order valence-electron chi connectivity index (χ3n) is 0. The van der Waals surface area contributed by atoms with Gasteiger partial charge >= 0.3 is 20.2 Å². The number of hydrogen-bond donors (Lipinski definition) is 0. The fourth-order valence-electron chi connectivity index (χ4n) is 0. The molecule has 0 aromatic rings. The minimum Gasteiger partial charge on any atom is -1.00 e.